The van der Waals surface area contributed by atoms with Gasteiger partial charge >= 0.3 is 12.3 Å². The van der Waals surface area contributed by atoms with Crippen LogP contribution in [-0.4, -0.2) is 214 Å². The van der Waals surface area contributed by atoms with Crippen molar-refractivity contribution < 1.29 is 60.7 Å². The van der Waals surface area contributed by atoms with E-state index in [9.17, 15) is 42.3 Å². The molecule has 4 unspecified atom stereocenters. The number of carbonyl (C=O) groups excluding carboxylic acids is 6. The molecular formula is C94H125BrN24O13S. The van der Waals surface area contributed by atoms with Gasteiger partial charge in [0.05, 0.1) is 69.8 Å². The van der Waals surface area contributed by atoms with Gasteiger partial charge < -0.3 is 68.0 Å². The van der Waals surface area contributed by atoms with E-state index < -0.39 is 51.9 Å². The number of ketones is 4. The lowest BCUT2D eigenvalue weighted by atomic mass is 10.1. The molecule has 14 atom stereocenters. The van der Waals surface area contributed by atoms with Gasteiger partial charge in [-0.2, -0.15) is 8.42 Å². The van der Waals surface area contributed by atoms with E-state index in [0.717, 1.165) is 102 Å². The van der Waals surface area contributed by atoms with Gasteiger partial charge in [0.1, 0.15) is 52.2 Å². The van der Waals surface area contributed by atoms with Crippen LogP contribution in [0.1, 0.15) is 220 Å². The number of likely N-dealkylation sites (N-methyl/N-ethyl adjacent to an activating group) is 7. The Balaban J connectivity index is 0.000000201. The van der Waals surface area contributed by atoms with Crippen LogP contribution in [0, 0.1) is 0 Å². The van der Waals surface area contributed by atoms with Crippen LogP contribution in [0.5, 0.6) is 0 Å². The number of aliphatic hydroxyl groups is 1. The Morgan fingerprint density at radius 2 is 0.789 bits per heavy atom. The van der Waals surface area contributed by atoms with Crippen molar-refractivity contribution in [3.05, 3.63) is 287 Å². The summed E-state index contributed by atoms with van der Waals surface area (Å²) in [5.41, 5.74) is 43.8. The number of pyridine rings is 9. The molecule has 712 valence electrons. The van der Waals surface area contributed by atoms with Crippen LogP contribution >= 0.6 is 15.9 Å². The summed E-state index contributed by atoms with van der Waals surface area (Å²) in [4.78, 5) is 110. The van der Waals surface area contributed by atoms with E-state index >= 15 is 0 Å². The van der Waals surface area contributed by atoms with Gasteiger partial charge in [0, 0.05) is 95.8 Å². The molecule has 0 bridgehead atoms. The van der Waals surface area contributed by atoms with Crippen LogP contribution in [0.25, 0.3) is 20.9 Å². The average Bonchev–Trinajstić information content (AvgIpc) is 1.66. The maximum Gasteiger partial charge on any atom is 0.519 e. The summed E-state index contributed by atoms with van der Waals surface area (Å²) in [6, 6.07) is 35.2. The maximum absolute atomic E-state index is 11.5. The second-order valence-corrected chi connectivity index (χ2v) is 35.5. The van der Waals surface area contributed by atoms with Crippen LogP contribution in [0.3, 0.4) is 0 Å². The van der Waals surface area contributed by atoms with E-state index in [1.807, 2.05) is 166 Å². The first-order chi connectivity index (χ1) is 63.6. The number of aliphatic hydroxyl groups excluding tert-OH is 1. The van der Waals surface area contributed by atoms with Gasteiger partial charge in [-0.05, 0) is 264 Å². The zero-order valence-corrected chi connectivity index (χ0v) is 80.9. The molecule has 9 aromatic rings. The summed E-state index contributed by atoms with van der Waals surface area (Å²) in [6.45, 7) is 18.0. The highest BCUT2D eigenvalue weighted by molar-refractivity contribution is 9.10. The maximum atomic E-state index is 11.5. The minimum absolute atomic E-state index is 0.0272. The van der Waals surface area contributed by atoms with Gasteiger partial charge in [-0.3, -0.25) is 68.2 Å². The van der Waals surface area contributed by atoms with Crippen LogP contribution in [0.4, 0.5) is 9.59 Å². The summed E-state index contributed by atoms with van der Waals surface area (Å²) in [7, 11) is 9.76. The highest BCUT2D eigenvalue weighted by atomic mass is 79.9. The molecule has 37 nitrogen and oxygen atoms in total. The number of carbonyl (C=O) groups is 6. The van der Waals surface area contributed by atoms with Crippen LogP contribution < -0.4 is 48.7 Å². The van der Waals surface area contributed by atoms with E-state index in [0.29, 0.717) is 53.4 Å². The molecule has 9 aliphatic carbocycles. The fourth-order valence-electron chi connectivity index (χ4n) is 15.6. The van der Waals surface area contributed by atoms with E-state index in [-0.39, 0.29) is 76.3 Å². The number of rotatable bonds is 11. The number of fused-ring (bicyclic) bond motifs is 9. The number of nitrogens with one attached hydrogen (secondary N) is 7. The third-order valence-corrected chi connectivity index (χ3v) is 23.0. The van der Waals surface area contributed by atoms with Gasteiger partial charge in [0.25, 0.3) is 10.1 Å². The van der Waals surface area contributed by atoms with Crippen LogP contribution in [-0.2, 0) is 86.3 Å². The molecule has 9 heterocycles. The summed E-state index contributed by atoms with van der Waals surface area (Å²) < 4.78 is 41.2. The minimum atomic E-state index is -3.47. The molecule has 9 aliphatic rings. The monoisotopic (exact) mass is 1910 g/mol. The first-order valence-corrected chi connectivity index (χ1v) is 46.6. The molecule has 12 N–H and O–H groups in total. The number of hydrogen-bond acceptors (Lipinski definition) is 33. The molecule has 0 spiro atoms. The number of hydrogen-bond donors (Lipinski definition) is 10. The Hall–Kier alpha value is -11.6. The number of ether oxygens (including phenoxy) is 3. The third-order valence-electron chi connectivity index (χ3n) is 21.7. The zero-order chi connectivity index (χ0) is 97.9. The van der Waals surface area contributed by atoms with Crippen molar-refractivity contribution in [3.63, 3.8) is 0 Å². The lowest BCUT2D eigenvalue weighted by Crippen LogP contribution is -2.36. The lowest BCUT2D eigenvalue weighted by Gasteiger charge is -2.20. The van der Waals surface area contributed by atoms with Crippen LogP contribution in [0.2, 0.25) is 0 Å². The number of Topliss-reactive ketones (excluding diaryl/α,β-unsaturated/α-hetero) is 4. The number of nitrogens with two attached hydrogens (primary N) is 2. The van der Waals surface area contributed by atoms with Crippen molar-refractivity contribution in [2.75, 3.05) is 55.6 Å². The molecular weight excluding hydrogens is 1790 g/mol. The molecule has 0 amide bonds. The largest absolute Gasteiger partial charge is 0.519 e. The quantitative estimate of drug-likeness (QED) is 0.0109. The Morgan fingerprint density at radius 1 is 0.429 bits per heavy atom. The molecule has 0 aliphatic heterocycles. The van der Waals surface area contributed by atoms with Crippen molar-refractivity contribution >= 4 is 61.5 Å². The fraction of sp³-hybridized carbons (Fsp3) is 0.457. The second kappa shape index (κ2) is 52.7. The Labute approximate surface area is 785 Å². The van der Waals surface area contributed by atoms with E-state index in [1.165, 1.54) is 22.4 Å². The number of aromatic nitrogens is 9. The number of nitrogens with zero attached hydrogens (tertiary/aromatic N) is 15. The number of halogens is 1. The molecule has 133 heavy (non-hydrogen) atoms. The van der Waals surface area contributed by atoms with Crippen LogP contribution in [0.15, 0.2) is 175 Å². The summed E-state index contributed by atoms with van der Waals surface area (Å²) in [6.07, 6.45) is 20.4. The SMILES string of the molecule is CC.CC.CC(C)(C)OC(=O)OC(=O)OC(C)(C)C.CNC1Cc2cccnc2C1=O.CN[C@@H]1Cc2cccnc2[C@@H]1O.CN[C@@H]1Cc2cccnc2[C@@H]1OS(C)(=O)=O.CN[C@@H]1Cc2cccnc2[C@H]1N=[N+]=[N-].CN[C@@H]1c2ncccc2C[C@H]1N.CN[C@@H]1c2ncccc2C[C@H]1NC.NC1Cc2cccnc2C1=O.O=C1c2ncccc2CC1Br.[N-]=[N+]=NC1Cc2cccnc2C1=O. The summed E-state index contributed by atoms with van der Waals surface area (Å²) in [5, 5.41) is 38.9. The molecule has 0 fully saturated rings. The van der Waals surface area contributed by atoms with Crippen molar-refractivity contribution in [1.82, 2.24) is 82.1 Å². The highest BCUT2D eigenvalue weighted by Crippen LogP contribution is 2.36. The van der Waals surface area contributed by atoms with Gasteiger partial charge in [0.15, 0.2) is 23.1 Å². The average molecular weight is 1910 g/mol. The van der Waals surface area contributed by atoms with Gasteiger partial charge in [-0.15, -0.1) is 0 Å². The highest BCUT2D eigenvalue weighted by Gasteiger charge is 2.39. The van der Waals surface area contributed by atoms with E-state index in [2.05, 4.69) is 135 Å². The first-order valence-electron chi connectivity index (χ1n) is 43.9. The number of azide groups is 2. The Morgan fingerprint density at radius 3 is 1.21 bits per heavy atom. The topological polar surface area (TPSA) is 543 Å². The molecule has 0 saturated carbocycles. The molecule has 0 radical (unpaired) electrons. The van der Waals surface area contributed by atoms with Gasteiger partial charge in [0.2, 0.25) is 0 Å². The molecule has 0 saturated heterocycles. The van der Waals surface area contributed by atoms with Gasteiger partial charge in [-0.1, -0.05) is 108 Å². The fourth-order valence-corrected chi connectivity index (χ4v) is 16.8. The van der Waals surface area contributed by atoms with Crippen molar-refractivity contribution in [2.45, 2.75) is 222 Å². The van der Waals surface area contributed by atoms with E-state index in [1.54, 1.807) is 105 Å². The normalized spacial score (nSPS) is 21.8. The zero-order valence-electron chi connectivity index (χ0n) is 78.5. The summed E-state index contributed by atoms with van der Waals surface area (Å²) >= 11 is 3.29. The summed E-state index contributed by atoms with van der Waals surface area (Å²) in [5.74, 6) is 0.0303. The number of alkyl halides is 1. The molecule has 39 heteroatoms. The standard InChI is InChI=1S/C10H15N3.C10H14N2O3S.C10H18O5.C9H11N5.C9H13N3.C9H12N2O.C9H10N2O.C8H6BrNO.C8H6N4O.C8H8N2O.2C2H6/c1-11-8-6-7-4-3-5-13-9(7)10(8)12-2;1-11-8-6-7-4-3-5-12-9(7)10(8)15-16(2,13)14;1-9(2,3)14-7(11)13-8(12)15-10(4,5)6;1-11-7-5-6-3-2-4-12-8(6)9(7)13-14-10;1-11-9-7(10)5-6-3-2-4-12-8(6)9;2*1-10-7-5-6-3-2-4-11-8(6)9(7)12;9-6-4-5-2-1-3-10-7(5)8(6)11;9-12-11-6-4-5-2-1-3-10-7(5)8(6)13;9-6-4-5-2-1-3-10-7(5)8(6)11;2*1-2/h3-5,8,10-12H,6H2,1-2H3;3-5,8,10-11H,6H2,1-2H3;1-6H3;2-4,7,9,11H,5H2,1H3;2-4,7,9,11H,5,10H2,1H3;2-4,7,9-10,12H,5H2,1H3;2-4,7,10H,5H2,1H3;1-3,6H,4H2;1-3,6H,4H2;1-3,6H,4,9H2;2*1-2H3/t8-,10+;8-,10-;;2*7-,9+;7-,9-;;;;;;/m11.111....../s1. The van der Waals surface area contributed by atoms with Gasteiger partial charge in [-0.25, -0.2) is 9.59 Å². The smallest absolute Gasteiger partial charge is 0.428 e. The first kappa shape index (κ1) is 108. The minimum Gasteiger partial charge on any atom is -0.428 e. The molecule has 18 rings (SSSR count). The molecule has 9 aromatic heterocycles. The van der Waals surface area contributed by atoms with Crippen molar-refractivity contribution in [1.29, 1.82) is 0 Å². The predicted octanol–water partition coefficient (Wildman–Crippen LogP) is 11.4. The lowest BCUT2D eigenvalue weighted by molar-refractivity contribution is -0.0294. The van der Waals surface area contributed by atoms with E-state index in [4.69, 9.17) is 36.2 Å². The van der Waals surface area contributed by atoms with Crippen molar-refractivity contribution in [2.24, 2.45) is 21.7 Å². The molecule has 0 aromatic carbocycles. The third kappa shape index (κ3) is 30.7. The second-order valence-electron chi connectivity index (χ2n) is 32.8. The predicted molar refractivity (Wildman–Crippen MR) is 510 cm³/mol. The van der Waals surface area contributed by atoms with Crippen molar-refractivity contribution in [3.8, 4) is 0 Å². The Bertz CT molecular complexity index is 5490. The Kier molecular flexibility index (Phi) is 43.0.